The molecule has 1 aliphatic heterocycles. The molecule has 2 heterocycles. The number of benzene rings is 1. The van der Waals surface area contributed by atoms with Crippen molar-refractivity contribution in [2.75, 3.05) is 18.1 Å². The molecule has 2 aromatic rings. The highest BCUT2D eigenvalue weighted by molar-refractivity contribution is 7.91. The van der Waals surface area contributed by atoms with Gasteiger partial charge < -0.3 is 15.2 Å². The second kappa shape index (κ2) is 7.04. The zero-order valence-corrected chi connectivity index (χ0v) is 13.9. The van der Waals surface area contributed by atoms with Crippen LogP contribution in [0.3, 0.4) is 0 Å². The third-order valence-corrected chi connectivity index (χ3v) is 5.77. The molecule has 24 heavy (non-hydrogen) atoms. The Morgan fingerprint density at radius 3 is 2.75 bits per heavy atom. The zero-order chi connectivity index (χ0) is 17.0. The number of sulfone groups is 1. The Morgan fingerprint density at radius 1 is 1.25 bits per heavy atom. The Balaban J connectivity index is 1.44. The molecule has 0 spiro atoms. The summed E-state index contributed by atoms with van der Waals surface area (Å²) in [5.74, 6) is 0.903. The standard InChI is InChI=1S/C16H19N3O4S/c20-16(17-9-12-6-7-24(21,22)11-12)18-10-14-8-15(19-23-14)13-4-2-1-3-5-13/h1-5,8,12H,6-7,9-11H2,(H2,17,18,20)/t12-/m0/s1. The van der Waals surface area contributed by atoms with E-state index in [0.29, 0.717) is 24.4 Å². The van der Waals surface area contributed by atoms with Crippen molar-refractivity contribution in [2.24, 2.45) is 5.92 Å². The van der Waals surface area contributed by atoms with E-state index in [9.17, 15) is 13.2 Å². The third kappa shape index (κ3) is 4.35. The molecule has 7 nitrogen and oxygen atoms in total. The smallest absolute Gasteiger partial charge is 0.315 e. The van der Waals surface area contributed by atoms with Gasteiger partial charge >= 0.3 is 6.03 Å². The van der Waals surface area contributed by atoms with E-state index in [1.807, 2.05) is 30.3 Å². The largest absolute Gasteiger partial charge is 0.359 e. The lowest BCUT2D eigenvalue weighted by Crippen LogP contribution is -2.38. The molecule has 128 valence electrons. The maximum absolute atomic E-state index is 11.8. The molecule has 1 aliphatic rings. The summed E-state index contributed by atoms with van der Waals surface area (Å²) in [4.78, 5) is 11.8. The van der Waals surface area contributed by atoms with Gasteiger partial charge in [0.1, 0.15) is 5.69 Å². The molecule has 2 amide bonds. The van der Waals surface area contributed by atoms with Gasteiger partial charge in [0.2, 0.25) is 0 Å². The SMILES string of the molecule is O=C(NCc1cc(-c2ccccc2)no1)NC[C@@H]1CCS(=O)(=O)C1. The quantitative estimate of drug-likeness (QED) is 0.853. The fourth-order valence-corrected chi connectivity index (χ4v) is 4.50. The lowest BCUT2D eigenvalue weighted by molar-refractivity contribution is 0.237. The molecule has 0 bridgehead atoms. The van der Waals surface area contributed by atoms with Crippen LogP contribution in [0.5, 0.6) is 0 Å². The van der Waals surface area contributed by atoms with Crippen LogP contribution in [-0.4, -0.2) is 37.7 Å². The van der Waals surface area contributed by atoms with Crippen molar-refractivity contribution in [3.63, 3.8) is 0 Å². The maximum atomic E-state index is 11.8. The van der Waals surface area contributed by atoms with E-state index < -0.39 is 9.84 Å². The molecule has 1 saturated heterocycles. The number of nitrogens with zero attached hydrogens (tertiary/aromatic N) is 1. The average molecular weight is 349 g/mol. The molecule has 1 aromatic carbocycles. The summed E-state index contributed by atoms with van der Waals surface area (Å²) in [5, 5.41) is 9.35. The number of aromatic nitrogens is 1. The Hall–Kier alpha value is -2.35. The summed E-state index contributed by atoms with van der Waals surface area (Å²) in [6.07, 6.45) is 0.602. The van der Waals surface area contributed by atoms with Gasteiger partial charge in [0.05, 0.1) is 18.1 Å². The normalized spacial score (nSPS) is 19.1. The molecule has 8 heteroatoms. The average Bonchev–Trinajstić information content (AvgIpc) is 3.18. The molecule has 0 unspecified atom stereocenters. The van der Waals surface area contributed by atoms with E-state index in [-0.39, 0.29) is 30.0 Å². The monoisotopic (exact) mass is 349 g/mol. The van der Waals surface area contributed by atoms with Crippen molar-refractivity contribution in [1.29, 1.82) is 0 Å². The first kappa shape index (κ1) is 16.5. The van der Waals surface area contributed by atoms with Gasteiger partial charge in [-0.25, -0.2) is 13.2 Å². The van der Waals surface area contributed by atoms with Gasteiger partial charge in [-0.05, 0) is 12.3 Å². The van der Waals surface area contributed by atoms with E-state index in [1.54, 1.807) is 6.07 Å². The van der Waals surface area contributed by atoms with E-state index in [4.69, 9.17) is 4.52 Å². The predicted octanol–water partition coefficient (Wildman–Crippen LogP) is 1.58. The molecule has 0 saturated carbocycles. The summed E-state index contributed by atoms with van der Waals surface area (Å²) in [7, 11) is -2.92. The maximum Gasteiger partial charge on any atom is 0.315 e. The van der Waals surface area contributed by atoms with Crippen LogP contribution in [0, 0.1) is 5.92 Å². The van der Waals surface area contributed by atoms with Crippen LogP contribution in [0.4, 0.5) is 4.79 Å². The number of nitrogens with one attached hydrogen (secondary N) is 2. The van der Waals surface area contributed by atoms with Crippen molar-refractivity contribution in [2.45, 2.75) is 13.0 Å². The Bertz CT molecular complexity index is 802. The lowest BCUT2D eigenvalue weighted by atomic mass is 10.1. The lowest BCUT2D eigenvalue weighted by Gasteiger charge is -2.09. The van der Waals surface area contributed by atoms with Gasteiger partial charge in [0.15, 0.2) is 15.6 Å². The summed E-state index contributed by atoms with van der Waals surface area (Å²) in [6, 6.07) is 11.0. The van der Waals surface area contributed by atoms with E-state index in [1.165, 1.54) is 0 Å². The molecule has 2 N–H and O–H groups in total. The number of hydrogen-bond acceptors (Lipinski definition) is 5. The summed E-state index contributed by atoms with van der Waals surface area (Å²) in [6.45, 7) is 0.575. The minimum absolute atomic E-state index is 0.00397. The number of urea groups is 1. The van der Waals surface area contributed by atoms with Crippen LogP contribution in [0.1, 0.15) is 12.2 Å². The van der Waals surface area contributed by atoms with Gasteiger partial charge in [-0.2, -0.15) is 0 Å². The van der Waals surface area contributed by atoms with Crippen molar-refractivity contribution in [3.05, 3.63) is 42.2 Å². The van der Waals surface area contributed by atoms with Gasteiger partial charge in [0.25, 0.3) is 0 Å². The summed E-state index contributed by atoms with van der Waals surface area (Å²) < 4.78 is 27.9. The molecular formula is C16H19N3O4S. The first-order valence-corrected chi connectivity index (χ1v) is 9.57. The molecule has 1 fully saturated rings. The minimum Gasteiger partial charge on any atom is -0.359 e. The van der Waals surface area contributed by atoms with Crippen molar-refractivity contribution < 1.29 is 17.7 Å². The van der Waals surface area contributed by atoms with Crippen LogP contribution in [0.25, 0.3) is 11.3 Å². The van der Waals surface area contributed by atoms with Crippen LogP contribution in [-0.2, 0) is 16.4 Å². The number of amides is 2. The number of hydrogen-bond donors (Lipinski definition) is 2. The summed E-state index contributed by atoms with van der Waals surface area (Å²) in [5.41, 5.74) is 1.66. The predicted molar refractivity (Wildman–Crippen MR) is 88.9 cm³/mol. The van der Waals surface area contributed by atoms with Crippen molar-refractivity contribution >= 4 is 15.9 Å². The molecule has 3 rings (SSSR count). The number of carbonyl (C=O) groups is 1. The first-order chi connectivity index (χ1) is 11.5. The van der Waals surface area contributed by atoms with Crippen LogP contribution in [0.2, 0.25) is 0 Å². The highest BCUT2D eigenvalue weighted by atomic mass is 32.2. The fourth-order valence-electron chi connectivity index (χ4n) is 2.64. The molecule has 0 radical (unpaired) electrons. The molecule has 1 atom stereocenters. The zero-order valence-electron chi connectivity index (χ0n) is 13.1. The van der Waals surface area contributed by atoms with Gasteiger partial charge in [-0.15, -0.1) is 0 Å². The van der Waals surface area contributed by atoms with Gasteiger partial charge in [0, 0.05) is 18.2 Å². The minimum atomic E-state index is -2.92. The highest BCUT2D eigenvalue weighted by Crippen LogP contribution is 2.18. The Labute approximate surface area is 140 Å². The molecule has 1 aromatic heterocycles. The number of rotatable bonds is 5. The Morgan fingerprint density at radius 2 is 2.04 bits per heavy atom. The summed E-state index contributed by atoms with van der Waals surface area (Å²) >= 11 is 0. The highest BCUT2D eigenvalue weighted by Gasteiger charge is 2.27. The van der Waals surface area contributed by atoms with E-state index in [0.717, 1.165) is 5.56 Å². The first-order valence-electron chi connectivity index (χ1n) is 7.75. The van der Waals surface area contributed by atoms with Crippen molar-refractivity contribution in [3.8, 4) is 11.3 Å². The van der Waals surface area contributed by atoms with Crippen LogP contribution in [0.15, 0.2) is 40.9 Å². The topological polar surface area (TPSA) is 101 Å². The van der Waals surface area contributed by atoms with E-state index >= 15 is 0 Å². The van der Waals surface area contributed by atoms with Gasteiger partial charge in [-0.1, -0.05) is 35.5 Å². The molecular weight excluding hydrogens is 330 g/mol. The third-order valence-electron chi connectivity index (χ3n) is 3.93. The second-order valence-electron chi connectivity index (χ2n) is 5.88. The van der Waals surface area contributed by atoms with Crippen molar-refractivity contribution in [1.82, 2.24) is 15.8 Å². The van der Waals surface area contributed by atoms with Crippen LogP contribution < -0.4 is 10.6 Å². The number of carbonyl (C=O) groups excluding carboxylic acids is 1. The fraction of sp³-hybridized carbons (Fsp3) is 0.375. The Kier molecular flexibility index (Phi) is 4.84. The van der Waals surface area contributed by atoms with Gasteiger partial charge in [-0.3, -0.25) is 0 Å². The molecule has 0 aliphatic carbocycles. The van der Waals surface area contributed by atoms with E-state index in [2.05, 4.69) is 15.8 Å². The second-order valence-corrected chi connectivity index (χ2v) is 8.11. The van der Waals surface area contributed by atoms with Crippen LogP contribution >= 0.6 is 0 Å².